The highest BCUT2D eigenvalue weighted by Crippen LogP contribution is 2.18. The molecule has 2 aromatic rings. The number of hydrogen-bond donors (Lipinski definition) is 0. The van der Waals surface area contributed by atoms with Crippen molar-refractivity contribution in [3.63, 3.8) is 0 Å². The van der Waals surface area contributed by atoms with Crippen molar-refractivity contribution in [3.05, 3.63) is 42.6 Å². The minimum absolute atomic E-state index is 0.660. The molecule has 1 aromatic heterocycles. The average Bonchev–Trinajstić information content (AvgIpc) is 2.56. The first kappa shape index (κ1) is 17.5. The van der Waals surface area contributed by atoms with Crippen LogP contribution in [-0.2, 0) is 0 Å². The van der Waals surface area contributed by atoms with E-state index < -0.39 is 0 Å². The molecule has 0 bridgehead atoms. The molecule has 1 aromatic carbocycles. The number of benzene rings is 1. The van der Waals surface area contributed by atoms with Crippen LogP contribution in [0.15, 0.2) is 42.6 Å². The molecule has 0 aliphatic heterocycles. The summed E-state index contributed by atoms with van der Waals surface area (Å²) in [5.41, 5.74) is 1.01. The molecule has 3 nitrogen and oxygen atoms in total. The second-order valence-corrected chi connectivity index (χ2v) is 6.65. The van der Waals surface area contributed by atoms with E-state index in [0.29, 0.717) is 24.2 Å². The second-order valence-electron chi connectivity index (χ2n) is 6.65. The van der Waals surface area contributed by atoms with Gasteiger partial charge in [-0.05, 0) is 18.3 Å². The Balaban J connectivity index is 1.78. The largest absolute Gasteiger partial charge is 0.478 e. The van der Waals surface area contributed by atoms with Crippen LogP contribution in [0.3, 0.4) is 0 Å². The molecule has 0 amide bonds. The number of aromatic nitrogens is 2. The van der Waals surface area contributed by atoms with Gasteiger partial charge in [-0.15, -0.1) is 0 Å². The van der Waals surface area contributed by atoms with E-state index in [0.717, 1.165) is 17.9 Å². The zero-order valence-electron chi connectivity index (χ0n) is 14.5. The lowest BCUT2D eigenvalue weighted by atomic mass is 9.98. The first-order valence-corrected chi connectivity index (χ1v) is 8.66. The van der Waals surface area contributed by atoms with Gasteiger partial charge in [0.1, 0.15) is 0 Å². The van der Waals surface area contributed by atoms with Crippen LogP contribution in [0.2, 0.25) is 0 Å². The minimum Gasteiger partial charge on any atom is -0.478 e. The fourth-order valence-corrected chi connectivity index (χ4v) is 2.53. The first-order valence-electron chi connectivity index (χ1n) is 8.66. The van der Waals surface area contributed by atoms with E-state index in [9.17, 15) is 0 Å². The third-order valence-corrected chi connectivity index (χ3v) is 4.00. The highest BCUT2D eigenvalue weighted by atomic mass is 16.5. The molecular weight excluding hydrogens is 284 g/mol. The SMILES string of the molecule is CC(C)CCCC(C)CCOc1ccnc(-c2ccccc2)n1. The summed E-state index contributed by atoms with van der Waals surface area (Å²) in [5, 5.41) is 0. The van der Waals surface area contributed by atoms with Gasteiger partial charge >= 0.3 is 0 Å². The number of ether oxygens (including phenoxy) is 1. The maximum Gasteiger partial charge on any atom is 0.216 e. The maximum atomic E-state index is 5.82. The summed E-state index contributed by atoms with van der Waals surface area (Å²) in [7, 11) is 0. The van der Waals surface area contributed by atoms with Crippen molar-refractivity contribution in [1.82, 2.24) is 9.97 Å². The predicted octanol–water partition coefficient (Wildman–Crippen LogP) is 5.37. The van der Waals surface area contributed by atoms with Crippen LogP contribution in [0.4, 0.5) is 0 Å². The zero-order valence-corrected chi connectivity index (χ0v) is 14.5. The Kier molecular flexibility index (Phi) is 7.05. The van der Waals surface area contributed by atoms with Gasteiger partial charge in [-0.3, -0.25) is 0 Å². The lowest BCUT2D eigenvalue weighted by Crippen LogP contribution is -2.06. The van der Waals surface area contributed by atoms with Crippen molar-refractivity contribution < 1.29 is 4.74 Å². The van der Waals surface area contributed by atoms with E-state index in [1.54, 1.807) is 6.20 Å². The van der Waals surface area contributed by atoms with Gasteiger partial charge in [0.05, 0.1) is 6.61 Å². The normalized spacial score (nSPS) is 12.3. The molecule has 0 saturated heterocycles. The molecular formula is C20H28N2O. The number of nitrogens with zero attached hydrogens (tertiary/aromatic N) is 2. The third-order valence-electron chi connectivity index (χ3n) is 4.00. The Morgan fingerprint density at radius 2 is 1.74 bits per heavy atom. The molecule has 124 valence electrons. The summed E-state index contributed by atoms with van der Waals surface area (Å²) < 4.78 is 5.82. The van der Waals surface area contributed by atoms with Crippen molar-refractivity contribution in [2.75, 3.05) is 6.61 Å². The van der Waals surface area contributed by atoms with Crippen molar-refractivity contribution in [3.8, 4) is 17.3 Å². The topological polar surface area (TPSA) is 35.0 Å². The van der Waals surface area contributed by atoms with Gasteiger partial charge in [0.2, 0.25) is 5.88 Å². The number of rotatable bonds is 9. The molecule has 1 heterocycles. The summed E-state index contributed by atoms with van der Waals surface area (Å²) in [6.45, 7) is 7.59. The van der Waals surface area contributed by atoms with Crippen LogP contribution in [0.1, 0.15) is 46.5 Å². The van der Waals surface area contributed by atoms with E-state index >= 15 is 0 Å². The van der Waals surface area contributed by atoms with Crippen LogP contribution < -0.4 is 4.74 Å². The molecule has 0 N–H and O–H groups in total. The highest BCUT2D eigenvalue weighted by Gasteiger charge is 2.06. The lowest BCUT2D eigenvalue weighted by Gasteiger charge is -2.13. The van der Waals surface area contributed by atoms with E-state index in [1.807, 2.05) is 36.4 Å². The van der Waals surface area contributed by atoms with Crippen molar-refractivity contribution in [2.45, 2.75) is 46.5 Å². The van der Waals surface area contributed by atoms with Crippen LogP contribution in [-0.4, -0.2) is 16.6 Å². The molecule has 23 heavy (non-hydrogen) atoms. The highest BCUT2D eigenvalue weighted by molar-refractivity contribution is 5.54. The van der Waals surface area contributed by atoms with Crippen LogP contribution >= 0.6 is 0 Å². The Morgan fingerprint density at radius 3 is 2.48 bits per heavy atom. The lowest BCUT2D eigenvalue weighted by molar-refractivity contribution is 0.267. The van der Waals surface area contributed by atoms with E-state index in [4.69, 9.17) is 4.74 Å². The van der Waals surface area contributed by atoms with Gasteiger partial charge in [-0.25, -0.2) is 4.98 Å². The van der Waals surface area contributed by atoms with Crippen molar-refractivity contribution in [1.29, 1.82) is 0 Å². The van der Waals surface area contributed by atoms with Crippen LogP contribution in [0.25, 0.3) is 11.4 Å². The molecule has 0 spiro atoms. The molecule has 0 radical (unpaired) electrons. The van der Waals surface area contributed by atoms with Gasteiger partial charge < -0.3 is 4.74 Å². The summed E-state index contributed by atoms with van der Waals surface area (Å²) in [6, 6.07) is 11.8. The Bertz CT molecular complexity index is 569. The predicted molar refractivity (Wildman–Crippen MR) is 95.4 cm³/mol. The van der Waals surface area contributed by atoms with Crippen LogP contribution in [0.5, 0.6) is 5.88 Å². The molecule has 0 aliphatic carbocycles. The summed E-state index contributed by atoms with van der Waals surface area (Å²) in [6.07, 6.45) is 6.74. The van der Waals surface area contributed by atoms with Gasteiger partial charge in [-0.2, -0.15) is 4.98 Å². The zero-order chi connectivity index (χ0) is 16.5. The molecule has 2 rings (SSSR count). The standard InChI is InChI=1S/C20H28N2O/c1-16(2)8-7-9-17(3)13-15-23-19-12-14-21-20(22-19)18-10-5-4-6-11-18/h4-6,10-12,14,16-17H,7-9,13,15H2,1-3H3. The fourth-order valence-electron chi connectivity index (χ4n) is 2.53. The van der Waals surface area contributed by atoms with Gasteiger partial charge in [0.15, 0.2) is 5.82 Å². The number of hydrogen-bond acceptors (Lipinski definition) is 3. The Hall–Kier alpha value is -1.90. The van der Waals surface area contributed by atoms with E-state index in [1.165, 1.54) is 19.3 Å². The quantitative estimate of drug-likeness (QED) is 0.624. The minimum atomic E-state index is 0.660. The summed E-state index contributed by atoms with van der Waals surface area (Å²) in [4.78, 5) is 8.81. The van der Waals surface area contributed by atoms with Gasteiger partial charge in [0, 0.05) is 17.8 Å². The Labute approximate surface area is 140 Å². The van der Waals surface area contributed by atoms with E-state index in [-0.39, 0.29) is 0 Å². The smallest absolute Gasteiger partial charge is 0.216 e. The first-order chi connectivity index (χ1) is 11.1. The monoisotopic (exact) mass is 312 g/mol. The Morgan fingerprint density at radius 1 is 0.957 bits per heavy atom. The molecule has 3 heteroatoms. The second kappa shape index (κ2) is 9.29. The molecule has 1 atom stereocenters. The van der Waals surface area contributed by atoms with E-state index in [2.05, 4.69) is 30.7 Å². The summed E-state index contributed by atoms with van der Waals surface area (Å²) >= 11 is 0. The van der Waals surface area contributed by atoms with Crippen molar-refractivity contribution >= 4 is 0 Å². The molecule has 1 unspecified atom stereocenters. The van der Waals surface area contributed by atoms with Crippen molar-refractivity contribution in [2.24, 2.45) is 11.8 Å². The maximum absolute atomic E-state index is 5.82. The molecule has 0 aliphatic rings. The van der Waals surface area contributed by atoms with Gasteiger partial charge in [-0.1, -0.05) is 70.4 Å². The molecule has 0 fully saturated rings. The third kappa shape index (κ3) is 6.39. The fraction of sp³-hybridized carbons (Fsp3) is 0.500. The van der Waals surface area contributed by atoms with Gasteiger partial charge in [0.25, 0.3) is 0 Å². The average molecular weight is 312 g/mol. The molecule has 0 saturated carbocycles. The summed E-state index contributed by atoms with van der Waals surface area (Å²) in [5.74, 6) is 2.88. The van der Waals surface area contributed by atoms with Crippen LogP contribution in [0, 0.1) is 11.8 Å².